The normalized spacial score (nSPS) is 10.2. The van der Waals surface area contributed by atoms with Crippen LogP contribution in [0, 0.1) is 34.0 Å². The van der Waals surface area contributed by atoms with Gasteiger partial charge in [0.05, 0.1) is 5.56 Å². The topological polar surface area (TPSA) is 92.6 Å². The van der Waals surface area contributed by atoms with Crippen molar-refractivity contribution in [3.05, 3.63) is 35.0 Å². The summed E-state index contributed by atoms with van der Waals surface area (Å²) in [5, 5.41) is 28.2. The Morgan fingerprint density at radius 3 is 2.13 bits per heavy atom. The van der Waals surface area contributed by atoms with Crippen LogP contribution in [0.15, 0.2) is 29.5 Å². The predicted octanol–water partition coefficient (Wildman–Crippen LogP) is 3.54. The summed E-state index contributed by atoms with van der Waals surface area (Å²) in [4.78, 5) is 0. The van der Waals surface area contributed by atoms with Crippen LogP contribution in [0.3, 0.4) is 0 Å². The molecule has 5 nitrogen and oxygen atoms in total. The van der Waals surface area contributed by atoms with Gasteiger partial charge in [0, 0.05) is 5.69 Å². The molecule has 0 heterocycles. The van der Waals surface area contributed by atoms with Gasteiger partial charge in [-0.15, -0.1) is 0 Å². The van der Waals surface area contributed by atoms with Gasteiger partial charge < -0.3 is 10.1 Å². The van der Waals surface area contributed by atoms with Crippen LogP contribution in [-0.2, 0) is 6.18 Å². The summed E-state index contributed by atoms with van der Waals surface area (Å²) in [5.74, 6) is -1.10. The van der Waals surface area contributed by atoms with Gasteiger partial charge in [-0.05, 0) is 18.2 Å². The lowest BCUT2D eigenvalue weighted by molar-refractivity contribution is -0.141. The average Bonchev–Trinajstić information content (AvgIpc) is 2.47. The lowest BCUT2D eigenvalue weighted by Gasteiger charge is -2.15. The molecule has 0 unspecified atom stereocenters. The number of hydrogen-bond donors (Lipinski definition) is 1. The number of hydrogen-bond acceptors (Lipinski definition) is 5. The third-order valence-electron chi connectivity index (χ3n) is 2.36. The van der Waals surface area contributed by atoms with E-state index in [0.717, 1.165) is 6.07 Å². The van der Waals surface area contributed by atoms with Gasteiger partial charge in [-0.1, -0.05) is 0 Å². The quantitative estimate of drug-likeness (QED) is 0.674. The van der Waals surface area contributed by atoms with Gasteiger partial charge in [-0.2, -0.15) is 37.7 Å². The first-order valence-electron chi connectivity index (χ1n) is 5.60. The molecule has 0 radical (unpaired) electrons. The molecule has 1 rings (SSSR count). The number of alkyl halides is 5. The SMILES string of the molecule is N#CC(C#N)=C(C#N)Nc1ccc(OC(F)F)c(C(F)(F)F)c1. The zero-order valence-corrected chi connectivity index (χ0v) is 10.9. The summed E-state index contributed by atoms with van der Waals surface area (Å²) >= 11 is 0. The van der Waals surface area contributed by atoms with E-state index in [1.165, 1.54) is 18.2 Å². The molecule has 0 aromatic heterocycles. The number of nitriles is 3. The Balaban J connectivity index is 3.32. The van der Waals surface area contributed by atoms with Crippen LogP contribution in [0.2, 0.25) is 0 Å². The number of nitrogens with one attached hydrogen (secondary N) is 1. The third kappa shape index (κ3) is 4.58. The van der Waals surface area contributed by atoms with E-state index in [-0.39, 0.29) is 5.69 Å². The standard InChI is InChI=1S/C13H5F5N4O/c14-12(15)23-11-2-1-8(3-9(11)13(16,17)18)22-10(6-21)7(4-19)5-20/h1-3,12,22H. The smallest absolute Gasteiger partial charge is 0.420 e. The Morgan fingerprint density at radius 2 is 1.70 bits per heavy atom. The molecule has 1 aromatic carbocycles. The van der Waals surface area contributed by atoms with E-state index in [1.807, 2.05) is 0 Å². The first-order valence-corrected chi connectivity index (χ1v) is 5.60. The molecule has 0 fully saturated rings. The van der Waals surface area contributed by atoms with Crippen molar-refractivity contribution in [2.75, 3.05) is 5.32 Å². The number of benzene rings is 1. The summed E-state index contributed by atoms with van der Waals surface area (Å²) in [5.41, 5.74) is -3.06. The Kier molecular flexibility index (Phi) is 5.47. The fraction of sp³-hybridized carbons (Fsp3) is 0.154. The molecule has 0 saturated carbocycles. The van der Waals surface area contributed by atoms with Crippen molar-refractivity contribution in [1.29, 1.82) is 15.8 Å². The second-order valence-corrected chi connectivity index (χ2v) is 3.80. The molecule has 0 spiro atoms. The summed E-state index contributed by atoms with van der Waals surface area (Å²) in [7, 11) is 0. The van der Waals surface area contributed by atoms with E-state index >= 15 is 0 Å². The van der Waals surface area contributed by atoms with Gasteiger partial charge in [-0.3, -0.25) is 0 Å². The van der Waals surface area contributed by atoms with Crippen molar-refractivity contribution in [2.45, 2.75) is 12.8 Å². The zero-order valence-electron chi connectivity index (χ0n) is 10.9. The highest BCUT2D eigenvalue weighted by Crippen LogP contribution is 2.38. The number of anilines is 1. The van der Waals surface area contributed by atoms with E-state index in [2.05, 4.69) is 10.1 Å². The molecule has 0 aliphatic heterocycles. The maximum Gasteiger partial charge on any atom is 0.420 e. The molecule has 1 aromatic rings. The van der Waals surface area contributed by atoms with Crippen LogP contribution in [0.1, 0.15) is 5.56 Å². The first kappa shape index (κ1) is 17.7. The molecule has 0 bridgehead atoms. The molecule has 10 heteroatoms. The van der Waals surface area contributed by atoms with E-state index in [0.29, 0.717) is 12.1 Å². The minimum absolute atomic E-state index is 0.335. The maximum atomic E-state index is 12.9. The summed E-state index contributed by atoms with van der Waals surface area (Å²) in [6, 6.07) is 6.21. The third-order valence-corrected chi connectivity index (χ3v) is 2.36. The number of halogens is 5. The highest BCUT2D eigenvalue weighted by Gasteiger charge is 2.35. The van der Waals surface area contributed by atoms with Crippen LogP contribution >= 0.6 is 0 Å². The molecule has 23 heavy (non-hydrogen) atoms. The fourth-order valence-electron chi connectivity index (χ4n) is 1.46. The van der Waals surface area contributed by atoms with Crippen molar-refractivity contribution >= 4 is 5.69 Å². The van der Waals surface area contributed by atoms with Gasteiger partial charge in [0.15, 0.2) is 5.57 Å². The van der Waals surface area contributed by atoms with E-state index in [4.69, 9.17) is 15.8 Å². The van der Waals surface area contributed by atoms with Crippen molar-refractivity contribution in [1.82, 2.24) is 0 Å². The molecule has 118 valence electrons. The summed E-state index contributed by atoms with van der Waals surface area (Å²) in [6.07, 6.45) is -4.99. The van der Waals surface area contributed by atoms with Crippen LogP contribution in [0.25, 0.3) is 0 Å². The van der Waals surface area contributed by atoms with Crippen LogP contribution in [0.4, 0.5) is 27.6 Å². The van der Waals surface area contributed by atoms with Crippen LogP contribution < -0.4 is 10.1 Å². The average molecular weight is 328 g/mol. The molecule has 0 aliphatic rings. The van der Waals surface area contributed by atoms with E-state index in [1.54, 1.807) is 0 Å². The van der Waals surface area contributed by atoms with E-state index < -0.39 is 35.4 Å². The van der Waals surface area contributed by atoms with Crippen molar-refractivity contribution < 1.29 is 26.7 Å². The molecule has 0 atom stereocenters. The van der Waals surface area contributed by atoms with Gasteiger partial charge in [0.1, 0.15) is 29.7 Å². The Hall–Kier alpha value is -3.32. The minimum Gasteiger partial charge on any atom is -0.434 e. The number of nitrogens with zero attached hydrogens (tertiary/aromatic N) is 3. The van der Waals surface area contributed by atoms with Crippen LogP contribution in [0.5, 0.6) is 5.75 Å². The fourth-order valence-corrected chi connectivity index (χ4v) is 1.46. The number of rotatable bonds is 4. The number of ether oxygens (including phenoxy) is 1. The highest BCUT2D eigenvalue weighted by molar-refractivity contribution is 5.61. The lowest BCUT2D eigenvalue weighted by atomic mass is 10.1. The molecule has 0 saturated heterocycles. The van der Waals surface area contributed by atoms with Crippen molar-refractivity contribution in [2.24, 2.45) is 0 Å². The van der Waals surface area contributed by atoms with Gasteiger partial charge in [0.2, 0.25) is 0 Å². The number of allylic oxidation sites excluding steroid dienone is 2. The molecular weight excluding hydrogens is 323 g/mol. The largest absolute Gasteiger partial charge is 0.434 e. The molecule has 0 aliphatic carbocycles. The molecule has 0 amide bonds. The molecular formula is C13H5F5N4O. The summed E-state index contributed by atoms with van der Waals surface area (Å²) < 4.78 is 66.6. The Morgan fingerprint density at radius 1 is 1.09 bits per heavy atom. The Bertz CT molecular complexity index is 734. The van der Waals surface area contributed by atoms with Crippen molar-refractivity contribution in [3.8, 4) is 24.0 Å². The maximum absolute atomic E-state index is 12.9. The lowest BCUT2D eigenvalue weighted by Crippen LogP contribution is -2.12. The second-order valence-electron chi connectivity index (χ2n) is 3.80. The van der Waals surface area contributed by atoms with Gasteiger partial charge >= 0.3 is 12.8 Å². The highest BCUT2D eigenvalue weighted by atomic mass is 19.4. The summed E-state index contributed by atoms with van der Waals surface area (Å²) in [6.45, 7) is -3.45. The van der Waals surface area contributed by atoms with E-state index in [9.17, 15) is 22.0 Å². The minimum atomic E-state index is -4.99. The second kappa shape index (κ2) is 7.10. The predicted molar refractivity (Wildman–Crippen MR) is 65.6 cm³/mol. The van der Waals surface area contributed by atoms with Gasteiger partial charge in [-0.25, -0.2) is 0 Å². The monoisotopic (exact) mass is 328 g/mol. The first-order chi connectivity index (χ1) is 10.7. The molecule has 1 N–H and O–H groups in total. The van der Waals surface area contributed by atoms with Crippen LogP contribution in [-0.4, -0.2) is 6.61 Å². The Labute approximate surface area is 126 Å². The zero-order chi connectivity index (χ0) is 17.6. The van der Waals surface area contributed by atoms with Gasteiger partial charge in [0.25, 0.3) is 0 Å². The van der Waals surface area contributed by atoms with Crippen molar-refractivity contribution in [3.63, 3.8) is 0 Å².